The van der Waals surface area contributed by atoms with Gasteiger partial charge in [0, 0.05) is 0 Å². The van der Waals surface area contributed by atoms with Crippen LogP contribution in [0.2, 0.25) is 0 Å². The molecule has 0 nitrogen and oxygen atoms in total. The summed E-state index contributed by atoms with van der Waals surface area (Å²) in [6.07, 6.45) is 0. The highest BCUT2D eigenvalue weighted by Crippen LogP contribution is 3.02. The topological polar surface area (TPSA) is 0 Å². The van der Waals surface area contributed by atoms with Crippen LogP contribution in [0.4, 0.5) is 19.4 Å². The van der Waals surface area contributed by atoms with Crippen LogP contribution in [0.3, 0.4) is 0 Å². The van der Waals surface area contributed by atoms with E-state index in [0.717, 1.165) is 12.1 Å². The van der Waals surface area contributed by atoms with E-state index in [2.05, 4.69) is 0 Å². The van der Waals surface area contributed by atoms with E-state index in [4.69, 9.17) is 0 Å². The lowest BCUT2D eigenvalue weighted by Crippen LogP contribution is -2.05. The first-order valence-corrected chi connectivity index (χ1v) is 5.84. The molecular weight excluding hydrogens is 223 g/mol. The highest BCUT2D eigenvalue weighted by atomic mass is 32.5. The fraction of sp³-hybridized carbons (Fsp3) is 0.250. The molecule has 14 heavy (non-hydrogen) atoms. The second-order valence-electron chi connectivity index (χ2n) is 2.28. The van der Waals surface area contributed by atoms with E-state index in [9.17, 15) is 19.4 Å². The summed E-state index contributed by atoms with van der Waals surface area (Å²) < 4.78 is 59.7. The lowest BCUT2D eigenvalue weighted by atomic mass is 10.4. The molecule has 0 aliphatic carbocycles. The Labute approximate surface area is 79.5 Å². The maximum Gasteiger partial charge on any atom is 0.310 e. The van der Waals surface area contributed by atoms with Crippen molar-refractivity contribution in [3.8, 4) is 0 Å². The molecule has 6 heteroatoms. The Bertz CT molecular complexity index is 287. The van der Waals surface area contributed by atoms with Crippen LogP contribution in [-0.2, 0) is 0 Å². The third-order valence-electron chi connectivity index (χ3n) is 1.19. The average Bonchev–Trinajstić information content (AvgIpc) is 2.06. The van der Waals surface area contributed by atoms with Crippen molar-refractivity contribution in [2.75, 3.05) is 0 Å². The minimum atomic E-state index is -9.43. The van der Waals surface area contributed by atoms with Crippen molar-refractivity contribution in [2.45, 2.75) is 18.7 Å². The maximum absolute atomic E-state index is 11.9. The van der Waals surface area contributed by atoms with Gasteiger partial charge < -0.3 is 0 Å². The van der Waals surface area contributed by atoms with Crippen molar-refractivity contribution in [1.82, 2.24) is 0 Å². The predicted molar refractivity (Wildman–Crippen MR) is 49.2 cm³/mol. The summed E-state index contributed by atoms with van der Waals surface area (Å²) in [6, 6.07) is 3.82. The molecule has 0 radical (unpaired) electrons. The summed E-state index contributed by atoms with van der Waals surface area (Å²) in [7, 11) is -9.43. The van der Waals surface area contributed by atoms with Crippen LogP contribution in [0.15, 0.2) is 35.2 Å². The number of halogens is 5. The van der Waals surface area contributed by atoms with Gasteiger partial charge >= 0.3 is 10.2 Å². The molecule has 0 aromatic heterocycles. The van der Waals surface area contributed by atoms with Crippen LogP contribution in [0, 0.1) is 0 Å². The Morgan fingerprint density at radius 2 is 1.14 bits per heavy atom. The zero-order chi connectivity index (χ0) is 11.5. The second-order valence-corrected chi connectivity index (χ2v) is 4.69. The minimum Gasteiger partial charge on any atom is -0.0936 e. The smallest absolute Gasteiger partial charge is 0.0936 e. The van der Waals surface area contributed by atoms with Gasteiger partial charge in [0.1, 0.15) is 4.90 Å². The molecule has 0 unspecified atom stereocenters. The Morgan fingerprint density at radius 3 is 1.36 bits per heavy atom. The molecule has 0 aliphatic heterocycles. The fourth-order valence-corrected chi connectivity index (χ4v) is 1.35. The van der Waals surface area contributed by atoms with Crippen LogP contribution >= 0.6 is 10.2 Å². The van der Waals surface area contributed by atoms with Crippen molar-refractivity contribution in [2.24, 2.45) is 0 Å². The van der Waals surface area contributed by atoms with Crippen molar-refractivity contribution in [3.05, 3.63) is 30.3 Å². The van der Waals surface area contributed by atoms with E-state index in [0.29, 0.717) is 12.1 Å². The molecule has 0 bridgehead atoms. The molecule has 0 aliphatic rings. The van der Waals surface area contributed by atoms with Gasteiger partial charge in [0.15, 0.2) is 0 Å². The zero-order valence-corrected chi connectivity index (χ0v) is 8.50. The molecule has 84 valence electrons. The van der Waals surface area contributed by atoms with Gasteiger partial charge in [-0.25, -0.2) is 0 Å². The van der Waals surface area contributed by atoms with E-state index in [1.165, 1.54) is 6.07 Å². The summed E-state index contributed by atoms with van der Waals surface area (Å²) in [5.41, 5.74) is 0. The van der Waals surface area contributed by atoms with Gasteiger partial charge in [-0.3, -0.25) is 0 Å². The molecule has 1 rings (SSSR count). The molecular formula is C8H11F5S. The number of hydrogen-bond acceptors (Lipinski definition) is 0. The number of hydrogen-bond donors (Lipinski definition) is 0. The van der Waals surface area contributed by atoms with Gasteiger partial charge in [0.25, 0.3) is 0 Å². The molecule has 0 spiro atoms. The minimum absolute atomic E-state index is 0.363. The van der Waals surface area contributed by atoms with Crippen molar-refractivity contribution >= 4 is 10.2 Å². The van der Waals surface area contributed by atoms with Crippen LogP contribution in [0.1, 0.15) is 13.8 Å². The monoisotopic (exact) mass is 234 g/mol. The Morgan fingerprint density at radius 1 is 0.786 bits per heavy atom. The molecule has 0 saturated heterocycles. The van der Waals surface area contributed by atoms with E-state index in [1.807, 2.05) is 13.8 Å². The van der Waals surface area contributed by atoms with Crippen molar-refractivity contribution in [3.63, 3.8) is 0 Å². The molecule has 0 atom stereocenters. The lowest BCUT2D eigenvalue weighted by molar-refractivity contribution is 0.364. The van der Waals surface area contributed by atoms with Gasteiger partial charge in [-0.1, -0.05) is 51.5 Å². The summed E-state index contributed by atoms with van der Waals surface area (Å²) in [5, 5.41) is 0. The van der Waals surface area contributed by atoms with E-state index < -0.39 is 15.1 Å². The highest BCUT2D eigenvalue weighted by molar-refractivity contribution is 8.45. The molecule has 1 aromatic carbocycles. The first kappa shape index (κ1) is 13.2. The van der Waals surface area contributed by atoms with Gasteiger partial charge in [0.05, 0.1) is 0 Å². The standard InChI is InChI=1S/C6H5F5S.C2H6/c7-12(8,9,10,11)6-4-2-1-3-5-6;1-2/h1-5H;1-2H3. The quantitative estimate of drug-likeness (QED) is 0.573. The number of rotatable bonds is 1. The van der Waals surface area contributed by atoms with Gasteiger partial charge in [-0.05, 0) is 12.1 Å². The summed E-state index contributed by atoms with van der Waals surface area (Å²) in [4.78, 5) is -1.85. The summed E-state index contributed by atoms with van der Waals surface area (Å²) >= 11 is 0. The molecule has 0 N–H and O–H groups in total. The van der Waals surface area contributed by atoms with Crippen molar-refractivity contribution in [1.29, 1.82) is 0 Å². The normalized spacial score (nSPS) is 15.9. The molecule has 0 saturated carbocycles. The van der Waals surface area contributed by atoms with Gasteiger partial charge in [-0.15, -0.1) is 0 Å². The largest absolute Gasteiger partial charge is 0.310 e. The molecule has 1 aromatic rings. The average molecular weight is 234 g/mol. The molecule has 0 heterocycles. The van der Waals surface area contributed by atoms with E-state index in [-0.39, 0.29) is 0 Å². The highest BCUT2D eigenvalue weighted by Gasteiger charge is 2.65. The van der Waals surface area contributed by atoms with E-state index in [1.54, 1.807) is 0 Å². The summed E-state index contributed by atoms with van der Waals surface area (Å²) in [6.45, 7) is 4.00. The van der Waals surface area contributed by atoms with Crippen LogP contribution in [0.25, 0.3) is 0 Å². The van der Waals surface area contributed by atoms with Crippen LogP contribution in [0.5, 0.6) is 0 Å². The lowest BCUT2D eigenvalue weighted by Gasteiger charge is -2.40. The van der Waals surface area contributed by atoms with Crippen molar-refractivity contribution < 1.29 is 19.4 Å². The van der Waals surface area contributed by atoms with Gasteiger partial charge in [0.2, 0.25) is 0 Å². The second kappa shape index (κ2) is 3.12. The SMILES string of the molecule is CC.FS(F)(F)(F)(F)c1ccccc1. The van der Waals surface area contributed by atoms with Crippen LogP contribution in [-0.4, -0.2) is 0 Å². The zero-order valence-electron chi connectivity index (χ0n) is 7.68. The fourth-order valence-electron chi connectivity index (χ4n) is 0.678. The van der Waals surface area contributed by atoms with E-state index >= 15 is 0 Å². The van der Waals surface area contributed by atoms with Crippen LogP contribution < -0.4 is 0 Å². The number of benzene rings is 1. The maximum atomic E-state index is 11.9. The predicted octanol–water partition coefficient (Wildman–Crippen LogP) is 5.37. The summed E-state index contributed by atoms with van der Waals surface area (Å²) in [5.74, 6) is 0. The Kier molecular flexibility index (Phi) is 2.94. The third kappa shape index (κ3) is 3.95. The Hall–Kier alpha value is -0.780. The van der Waals surface area contributed by atoms with Gasteiger partial charge in [-0.2, -0.15) is 0 Å². The molecule has 0 amide bonds. The molecule has 0 fully saturated rings. The Balaban J connectivity index is 0.000000791. The third-order valence-corrected chi connectivity index (χ3v) is 2.35. The first-order valence-electron chi connectivity index (χ1n) is 3.89. The first-order chi connectivity index (χ1) is 6.09.